The van der Waals surface area contributed by atoms with E-state index in [1.807, 2.05) is 13.8 Å². The molecule has 0 bridgehead atoms. The Hall–Kier alpha value is -3.56. The average molecular weight is 498 g/mol. The van der Waals surface area contributed by atoms with Crippen molar-refractivity contribution in [1.82, 2.24) is 29.4 Å². The second-order valence-electron chi connectivity index (χ2n) is 7.38. The van der Waals surface area contributed by atoms with Crippen LogP contribution in [0.2, 0.25) is 10.0 Å². The van der Waals surface area contributed by atoms with E-state index in [1.165, 1.54) is 23.2 Å². The molecular weight excluding hydrogens is 477 g/mol. The number of fused-ring (bicyclic) bond motifs is 1. The molecule has 0 aliphatic rings. The Morgan fingerprint density at radius 2 is 1.68 bits per heavy atom. The first-order valence-corrected chi connectivity index (χ1v) is 11.3. The maximum Gasteiger partial charge on any atom is 0.278 e. The number of nitrogens with zero attached hydrogens (tertiary/aromatic N) is 6. The van der Waals surface area contributed by atoms with Gasteiger partial charge in [0.05, 0.1) is 16.2 Å². The Morgan fingerprint density at radius 1 is 1.03 bits per heavy atom. The average Bonchev–Trinajstić information content (AvgIpc) is 2.83. The van der Waals surface area contributed by atoms with E-state index in [4.69, 9.17) is 23.2 Å². The van der Waals surface area contributed by atoms with Gasteiger partial charge in [-0.1, -0.05) is 23.2 Å². The summed E-state index contributed by atoms with van der Waals surface area (Å²) < 4.78 is 1.36. The first kappa shape index (κ1) is 23.6. The van der Waals surface area contributed by atoms with Gasteiger partial charge in [0.25, 0.3) is 11.5 Å². The van der Waals surface area contributed by atoms with Crippen LogP contribution in [0.15, 0.2) is 47.7 Å². The molecule has 1 N–H and O–H groups in total. The molecule has 1 amide bonds. The number of carbonyl (C=O) groups excluding carboxylic acids is 1. The summed E-state index contributed by atoms with van der Waals surface area (Å²) in [6.07, 6.45) is 4.31. The van der Waals surface area contributed by atoms with Gasteiger partial charge in [-0.3, -0.25) is 19.1 Å². The fourth-order valence-electron chi connectivity index (χ4n) is 3.49. The number of pyridine rings is 1. The molecule has 0 unspecified atom stereocenters. The van der Waals surface area contributed by atoms with Crippen LogP contribution >= 0.6 is 23.2 Å². The van der Waals surface area contributed by atoms with Crippen molar-refractivity contribution in [2.24, 2.45) is 7.05 Å². The molecule has 0 fully saturated rings. The van der Waals surface area contributed by atoms with E-state index in [9.17, 15) is 9.59 Å². The summed E-state index contributed by atoms with van der Waals surface area (Å²) in [6.45, 7) is 5.18. The first-order chi connectivity index (χ1) is 16.3. The molecule has 3 heterocycles. The predicted octanol–water partition coefficient (Wildman–Crippen LogP) is 4.32. The lowest BCUT2D eigenvalue weighted by Crippen LogP contribution is -2.30. The number of carbonyl (C=O) groups is 1. The molecule has 174 valence electrons. The number of halogens is 2. The Morgan fingerprint density at radius 3 is 2.29 bits per heavy atom. The maximum absolute atomic E-state index is 13.0. The van der Waals surface area contributed by atoms with Crippen LogP contribution in [0.1, 0.15) is 24.2 Å². The molecule has 0 aliphatic carbocycles. The third kappa shape index (κ3) is 4.44. The van der Waals surface area contributed by atoms with E-state index in [0.717, 1.165) is 0 Å². The van der Waals surface area contributed by atoms with Crippen molar-refractivity contribution in [2.75, 3.05) is 18.4 Å². The molecule has 0 saturated carbocycles. The topological polar surface area (TPSA) is 106 Å². The quantitative estimate of drug-likeness (QED) is 0.422. The normalized spacial score (nSPS) is 11.0. The fourth-order valence-corrected chi connectivity index (χ4v) is 4.04. The lowest BCUT2D eigenvalue weighted by atomic mass is 10.2. The number of hydrogen-bond acceptors (Lipinski definition) is 7. The van der Waals surface area contributed by atoms with Crippen molar-refractivity contribution in [3.63, 3.8) is 0 Å². The molecule has 9 nitrogen and oxygen atoms in total. The Balaban J connectivity index is 1.65. The zero-order valence-corrected chi connectivity index (χ0v) is 20.2. The SMILES string of the molecule is CCN(CC)C(=O)c1ccc(Nc2ncc3nc(-c4c(Cl)cncc4Cl)c(=O)n(C)c3n2)cc1. The monoisotopic (exact) mass is 497 g/mol. The molecule has 11 heteroatoms. The highest BCUT2D eigenvalue weighted by Gasteiger charge is 2.18. The summed E-state index contributed by atoms with van der Waals surface area (Å²) in [5, 5.41) is 3.53. The minimum Gasteiger partial charge on any atom is -0.339 e. The summed E-state index contributed by atoms with van der Waals surface area (Å²) in [6, 6.07) is 7.04. The van der Waals surface area contributed by atoms with Gasteiger partial charge >= 0.3 is 0 Å². The highest BCUT2D eigenvalue weighted by atomic mass is 35.5. The maximum atomic E-state index is 13.0. The van der Waals surface area contributed by atoms with E-state index >= 15 is 0 Å². The van der Waals surface area contributed by atoms with Crippen LogP contribution in [0.4, 0.5) is 11.6 Å². The van der Waals surface area contributed by atoms with E-state index in [1.54, 1.807) is 36.2 Å². The number of nitrogens with one attached hydrogen (secondary N) is 1. The summed E-state index contributed by atoms with van der Waals surface area (Å²) in [4.78, 5) is 44.3. The van der Waals surface area contributed by atoms with Crippen molar-refractivity contribution >= 4 is 51.9 Å². The van der Waals surface area contributed by atoms with Crippen molar-refractivity contribution in [3.8, 4) is 11.3 Å². The molecule has 0 aliphatic heterocycles. The molecule has 4 rings (SSSR count). The van der Waals surface area contributed by atoms with E-state index in [0.29, 0.717) is 41.1 Å². The van der Waals surface area contributed by atoms with Crippen LogP contribution in [0, 0.1) is 0 Å². The zero-order valence-electron chi connectivity index (χ0n) is 18.7. The van der Waals surface area contributed by atoms with Crippen molar-refractivity contribution in [2.45, 2.75) is 13.8 Å². The van der Waals surface area contributed by atoms with Crippen LogP contribution < -0.4 is 10.9 Å². The van der Waals surface area contributed by atoms with Gasteiger partial charge in [0.15, 0.2) is 5.65 Å². The highest BCUT2D eigenvalue weighted by Crippen LogP contribution is 2.31. The van der Waals surface area contributed by atoms with Crippen LogP contribution in [0.25, 0.3) is 22.4 Å². The Kier molecular flexibility index (Phi) is 6.76. The molecule has 1 aromatic carbocycles. The van der Waals surface area contributed by atoms with Gasteiger partial charge in [-0.05, 0) is 38.1 Å². The van der Waals surface area contributed by atoms with Gasteiger partial charge < -0.3 is 10.2 Å². The number of hydrogen-bond donors (Lipinski definition) is 1. The first-order valence-electron chi connectivity index (χ1n) is 10.5. The third-order valence-electron chi connectivity index (χ3n) is 5.34. The third-order valence-corrected chi connectivity index (χ3v) is 5.91. The zero-order chi connectivity index (χ0) is 24.4. The van der Waals surface area contributed by atoms with E-state index in [2.05, 4.69) is 25.3 Å². The van der Waals surface area contributed by atoms with Gasteiger partial charge in [0.2, 0.25) is 5.95 Å². The smallest absolute Gasteiger partial charge is 0.278 e. The second-order valence-corrected chi connectivity index (χ2v) is 8.20. The summed E-state index contributed by atoms with van der Waals surface area (Å²) in [5.41, 5.74) is 2.01. The number of rotatable bonds is 6. The lowest BCUT2D eigenvalue weighted by Gasteiger charge is -2.18. The summed E-state index contributed by atoms with van der Waals surface area (Å²) in [5.74, 6) is 0.254. The second kappa shape index (κ2) is 9.74. The Labute approximate surface area is 205 Å². The fraction of sp³-hybridized carbons (Fsp3) is 0.217. The van der Waals surface area contributed by atoms with Gasteiger partial charge in [0, 0.05) is 49.3 Å². The largest absolute Gasteiger partial charge is 0.339 e. The van der Waals surface area contributed by atoms with Crippen LogP contribution in [-0.4, -0.2) is 48.4 Å². The van der Waals surface area contributed by atoms with Gasteiger partial charge in [0.1, 0.15) is 11.2 Å². The predicted molar refractivity (Wildman–Crippen MR) is 133 cm³/mol. The molecular formula is C23H21Cl2N7O2. The minimum atomic E-state index is -0.411. The Bertz CT molecular complexity index is 1410. The van der Waals surface area contributed by atoms with Gasteiger partial charge in [-0.25, -0.2) is 9.97 Å². The van der Waals surface area contributed by atoms with Gasteiger partial charge in [-0.2, -0.15) is 4.98 Å². The molecule has 3 aromatic heterocycles. The summed E-state index contributed by atoms with van der Waals surface area (Å²) >= 11 is 12.4. The summed E-state index contributed by atoms with van der Waals surface area (Å²) in [7, 11) is 1.59. The highest BCUT2D eigenvalue weighted by molar-refractivity contribution is 6.38. The molecule has 0 spiro atoms. The van der Waals surface area contributed by atoms with Gasteiger partial charge in [-0.15, -0.1) is 0 Å². The minimum absolute atomic E-state index is 0.0233. The molecule has 0 saturated heterocycles. The van der Waals surface area contributed by atoms with Crippen LogP contribution in [-0.2, 0) is 7.05 Å². The van der Waals surface area contributed by atoms with Crippen molar-refractivity contribution in [1.29, 1.82) is 0 Å². The van der Waals surface area contributed by atoms with Crippen LogP contribution in [0.3, 0.4) is 0 Å². The molecule has 0 atom stereocenters. The van der Waals surface area contributed by atoms with E-state index < -0.39 is 5.56 Å². The number of benzene rings is 1. The standard InChI is InChI=1S/C23H21Cl2N7O2/c1-4-32(5-2)21(33)13-6-8-14(9-7-13)28-23-27-12-17-20(30-23)31(3)22(34)19(29-17)18-15(24)10-26-11-16(18)25/h6-12H,4-5H2,1-3H3,(H,27,28,30). The lowest BCUT2D eigenvalue weighted by molar-refractivity contribution is 0.0773. The number of amides is 1. The molecule has 4 aromatic rings. The van der Waals surface area contributed by atoms with Crippen LogP contribution in [0.5, 0.6) is 0 Å². The van der Waals surface area contributed by atoms with Crippen molar-refractivity contribution in [3.05, 3.63) is 68.8 Å². The van der Waals surface area contributed by atoms with Crippen molar-refractivity contribution < 1.29 is 4.79 Å². The molecule has 34 heavy (non-hydrogen) atoms. The number of anilines is 2. The number of aryl methyl sites for hydroxylation is 1. The van der Waals surface area contributed by atoms with E-state index in [-0.39, 0.29) is 27.6 Å². The molecule has 0 radical (unpaired) electrons. The number of aromatic nitrogens is 5.